The van der Waals surface area contributed by atoms with Crippen LogP contribution in [0.3, 0.4) is 0 Å². The molecule has 1 fully saturated rings. The van der Waals surface area contributed by atoms with Crippen LogP contribution in [0.4, 0.5) is 5.69 Å². The zero-order valence-corrected chi connectivity index (χ0v) is 13.8. The Labute approximate surface area is 139 Å². The van der Waals surface area contributed by atoms with Crippen molar-refractivity contribution in [3.63, 3.8) is 0 Å². The molecule has 0 saturated carbocycles. The number of methoxy groups -OCH3 is 1. The van der Waals surface area contributed by atoms with Crippen LogP contribution in [-0.4, -0.2) is 38.6 Å². The molecule has 1 aromatic rings. The summed E-state index contributed by atoms with van der Waals surface area (Å²) >= 11 is 11.8. The van der Waals surface area contributed by atoms with Crippen molar-refractivity contribution in [1.82, 2.24) is 0 Å². The predicted molar refractivity (Wildman–Crippen MR) is 85.4 cm³/mol. The molecule has 1 saturated heterocycles. The largest absolute Gasteiger partial charge is 0.469 e. The number of halogens is 2. The van der Waals surface area contributed by atoms with Gasteiger partial charge in [0.05, 0.1) is 26.1 Å². The first kappa shape index (κ1) is 17.1. The number of carbonyl (C=O) groups is 2. The minimum atomic E-state index is -0.155. The molecule has 5 nitrogen and oxygen atoms in total. The molecule has 0 spiro atoms. The average molecular weight is 346 g/mol. The summed E-state index contributed by atoms with van der Waals surface area (Å²) in [4.78, 5) is 24.7. The molecule has 1 aromatic carbocycles. The monoisotopic (exact) mass is 345 g/mol. The van der Waals surface area contributed by atoms with Gasteiger partial charge < -0.3 is 15.0 Å². The Morgan fingerprint density at radius 3 is 2.36 bits per heavy atom. The summed E-state index contributed by atoms with van der Waals surface area (Å²) in [6.45, 7) is 1.92. The van der Waals surface area contributed by atoms with Crippen LogP contribution in [0.25, 0.3) is 0 Å². The van der Waals surface area contributed by atoms with E-state index >= 15 is 0 Å². The molecule has 0 bridgehead atoms. The molecule has 2 N–H and O–H groups in total. The second kappa shape index (κ2) is 7.81. The number of nitrogens with one attached hydrogen (secondary N) is 2. The third-order valence-electron chi connectivity index (χ3n) is 3.78. The molecule has 0 radical (unpaired) electrons. The van der Waals surface area contributed by atoms with Crippen molar-refractivity contribution < 1.29 is 19.2 Å². The summed E-state index contributed by atoms with van der Waals surface area (Å²) in [5, 5.41) is 3.76. The molecule has 2 rings (SSSR count). The maximum absolute atomic E-state index is 12.1. The van der Waals surface area contributed by atoms with Gasteiger partial charge in [-0.15, -0.1) is 0 Å². The molecule has 0 atom stereocenters. The van der Waals surface area contributed by atoms with Gasteiger partial charge in [0.25, 0.3) is 5.91 Å². The number of likely N-dealkylation sites (tertiary alicyclic amines) is 1. The van der Waals surface area contributed by atoms with E-state index in [4.69, 9.17) is 27.9 Å². The molecule has 7 heteroatoms. The van der Waals surface area contributed by atoms with Crippen LogP contribution < -0.4 is 10.2 Å². The number of hydrogen-bond acceptors (Lipinski definition) is 3. The number of benzene rings is 1. The lowest BCUT2D eigenvalue weighted by Crippen LogP contribution is -3.14. The Balaban J connectivity index is 1.82. The molecular formula is C15H19Cl2N2O3+. The highest BCUT2D eigenvalue weighted by atomic mass is 35.5. The van der Waals surface area contributed by atoms with E-state index in [-0.39, 0.29) is 17.8 Å². The molecular weight excluding hydrogens is 327 g/mol. The first-order chi connectivity index (χ1) is 10.5. The predicted octanol–water partition coefficient (Wildman–Crippen LogP) is 1.40. The van der Waals surface area contributed by atoms with Crippen LogP contribution in [0.5, 0.6) is 0 Å². The van der Waals surface area contributed by atoms with Gasteiger partial charge >= 0.3 is 5.97 Å². The lowest BCUT2D eigenvalue weighted by molar-refractivity contribution is -0.897. The summed E-state index contributed by atoms with van der Waals surface area (Å²) in [5.41, 5.74) is 0.589. The number of amides is 1. The molecule has 22 heavy (non-hydrogen) atoms. The normalized spacial score (nSPS) is 21.2. The Morgan fingerprint density at radius 2 is 1.82 bits per heavy atom. The van der Waals surface area contributed by atoms with Gasteiger partial charge in [-0.1, -0.05) is 23.2 Å². The van der Waals surface area contributed by atoms with Crippen LogP contribution in [0.15, 0.2) is 18.2 Å². The lowest BCUT2D eigenvalue weighted by Gasteiger charge is -2.27. The minimum absolute atomic E-state index is 0.0384. The topological polar surface area (TPSA) is 59.8 Å². The molecule has 120 valence electrons. The van der Waals surface area contributed by atoms with Crippen molar-refractivity contribution in [3.8, 4) is 0 Å². The molecule has 0 aromatic heterocycles. The second-order valence-electron chi connectivity index (χ2n) is 5.43. The van der Waals surface area contributed by atoms with Crippen LogP contribution in [-0.2, 0) is 14.3 Å². The fourth-order valence-corrected chi connectivity index (χ4v) is 3.19. The third kappa shape index (κ3) is 4.87. The summed E-state index contributed by atoms with van der Waals surface area (Å²) < 4.78 is 4.75. The molecule has 1 amide bonds. The number of hydrogen-bond donors (Lipinski definition) is 2. The van der Waals surface area contributed by atoms with Crippen molar-refractivity contribution in [2.45, 2.75) is 12.8 Å². The van der Waals surface area contributed by atoms with Crippen LogP contribution in [0, 0.1) is 5.92 Å². The second-order valence-corrected chi connectivity index (χ2v) is 6.30. The average Bonchev–Trinajstić information content (AvgIpc) is 2.46. The Morgan fingerprint density at radius 1 is 1.23 bits per heavy atom. The highest BCUT2D eigenvalue weighted by Crippen LogP contribution is 2.22. The van der Waals surface area contributed by atoms with Gasteiger partial charge in [-0.25, -0.2) is 0 Å². The van der Waals surface area contributed by atoms with Crippen molar-refractivity contribution in [2.24, 2.45) is 5.92 Å². The minimum Gasteiger partial charge on any atom is -0.469 e. The number of quaternary nitrogens is 1. The SMILES string of the molecule is COC(=O)C1CC[NH+](CC(=O)Nc2cc(Cl)cc(Cl)c2)CC1. The molecule has 1 heterocycles. The van der Waals surface area contributed by atoms with Crippen molar-refractivity contribution in [1.29, 1.82) is 0 Å². The first-order valence-electron chi connectivity index (χ1n) is 7.15. The Hall–Kier alpha value is -1.30. The summed E-state index contributed by atoms with van der Waals surface area (Å²) in [5.74, 6) is -0.287. The van der Waals surface area contributed by atoms with E-state index in [1.807, 2.05) is 0 Å². The maximum atomic E-state index is 12.1. The van der Waals surface area contributed by atoms with Crippen LogP contribution in [0.1, 0.15) is 12.8 Å². The highest BCUT2D eigenvalue weighted by Gasteiger charge is 2.29. The zero-order chi connectivity index (χ0) is 16.1. The van der Waals surface area contributed by atoms with Gasteiger partial charge in [-0.3, -0.25) is 9.59 Å². The van der Waals surface area contributed by atoms with Crippen molar-refractivity contribution in [2.75, 3.05) is 32.1 Å². The van der Waals surface area contributed by atoms with E-state index < -0.39 is 0 Å². The van der Waals surface area contributed by atoms with E-state index in [9.17, 15) is 9.59 Å². The standard InChI is InChI=1S/C15H18Cl2N2O3/c1-22-15(21)10-2-4-19(5-3-10)9-14(20)18-13-7-11(16)6-12(17)8-13/h6-8,10H,2-5,9H2,1H3,(H,18,20)/p+1. The Kier molecular flexibility index (Phi) is 6.06. The van der Waals surface area contributed by atoms with Gasteiger partial charge in [0.15, 0.2) is 6.54 Å². The molecule has 1 aliphatic rings. The lowest BCUT2D eigenvalue weighted by atomic mass is 9.97. The maximum Gasteiger partial charge on any atom is 0.309 e. The van der Waals surface area contributed by atoms with Crippen LogP contribution in [0.2, 0.25) is 10.0 Å². The van der Waals surface area contributed by atoms with Gasteiger partial charge in [0.1, 0.15) is 0 Å². The summed E-state index contributed by atoms with van der Waals surface area (Å²) in [6.07, 6.45) is 1.50. The number of anilines is 1. The van der Waals surface area contributed by atoms with E-state index in [1.165, 1.54) is 7.11 Å². The molecule has 0 unspecified atom stereocenters. The first-order valence-corrected chi connectivity index (χ1v) is 7.91. The summed E-state index contributed by atoms with van der Waals surface area (Å²) in [7, 11) is 1.41. The summed E-state index contributed by atoms with van der Waals surface area (Å²) in [6, 6.07) is 4.93. The number of esters is 1. The van der Waals surface area contributed by atoms with Gasteiger partial charge in [-0.2, -0.15) is 0 Å². The number of carbonyl (C=O) groups excluding carboxylic acids is 2. The van der Waals surface area contributed by atoms with Gasteiger partial charge in [0.2, 0.25) is 0 Å². The molecule has 0 aliphatic carbocycles. The van der Waals surface area contributed by atoms with E-state index in [1.54, 1.807) is 18.2 Å². The zero-order valence-electron chi connectivity index (χ0n) is 12.3. The van der Waals surface area contributed by atoms with Crippen molar-refractivity contribution in [3.05, 3.63) is 28.2 Å². The fourth-order valence-electron chi connectivity index (χ4n) is 2.66. The third-order valence-corrected chi connectivity index (χ3v) is 4.22. The molecule has 1 aliphatic heterocycles. The number of piperidine rings is 1. The van der Waals surface area contributed by atoms with Crippen molar-refractivity contribution >= 4 is 40.8 Å². The van der Waals surface area contributed by atoms with E-state index in [2.05, 4.69) is 5.32 Å². The van der Waals surface area contributed by atoms with E-state index in [0.29, 0.717) is 22.3 Å². The van der Waals surface area contributed by atoms with Gasteiger partial charge in [0, 0.05) is 28.6 Å². The van der Waals surface area contributed by atoms with E-state index in [0.717, 1.165) is 30.8 Å². The Bertz CT molecular complexity index is 537. The smallest absolute Gasteiger partial charge is 0.309 e. The highest BCUT2D eigenvalue weighted by molar-refractivity contribution is 6.35. The number of rotatable bonds is 4. The fraction of sp³-hybridized carbons (Fsp3) is 0.467. The number of ether oxygens (including phenoxy) is 1. The van der Waals surface area contributed by atoms with Crippen LogP contribution >= 0.6 is 23.2 Å². The quantitative estimate of drug-likeness (QED) is 0.811. The van der Waals surface area contributed by atoms with Gasteiger partial charge in [-0.05, 0) is 18.2 Å².